The molecule has 3 N–H and O–H groups in total. The standard InChI is InChI=1S/C22H26FN3O3S/c23-18-8-5-17(6-9-18)22(16-3-1-2-4-16)25-21(27)14-26-12-11-15-7-10-19(13-20(15)26)30(24,28)29/h5-10,13,16,22H,1-4,11-12,14H2,(H,25,27)(H2,24,28,29). The molecule has 1 heterocycles. The summed E-state index contributed by atoms with van der Waals surface area (Å²) < 4.78 is 36.7. The molecule has 1 fully saturated rings. The number of nitrogens with one attached hydrogen (secondary N) is 1. The number of rotatable bonds is 6. The Morgan fingerprint density at radius 2 is 1.87 bits per heavy atom. The van der Waals surface area contributed by atoms with E-state index in [4.69, 9.17) is 5.14 Å². The number of hydrogen-bond acceptors (Lipinski definition) is 4. The van der Waals surface area contributed by atoms with Crippen LogP contribution in [-0.4, -0.2) is 27.4 Å². The Morgan fingerprint density at radius 1 is 1.17 bits per heavy atom. The van der Waals surface area contributed by atoms with E-state index in [9.17, 15) is 17.6 Å². The molecule has 0 radical (unpaired) electrons. The quantitative estimate of drug-likeness (QED) is 0.736. The second-order valence-electron chi connectivity index (χ2n) is 8.15. The average molecular weight is 432 g/mol. The molecule has 1 amide bonds. The van der Waals surface area contributed by atoms with Crippen LogP contribution in [0.15, 0.2) is 47.4 Å². The average Bonchev–Trinajstić information content (AvgIpc) is 3.36. The third-order valence-corrected chi connectivity index (χ3v) is 7.04. The van der Waals surface area contributed by atoms with Gasteiger partial charge in [-0.25, -0.2) is 17.9 Å². The molecule has 2 aliphatic rings. The molecule has 1 aliphatic carbocycles. The number of nitrogens with two attached hydrogens (primary N) is 1. The van der Waals surface area contributed by atoms with E-state index in [2.05, 4.69) is 5.32 Å². The van der Waals surface area contributed by atoms with Gasteiger partial charge < -0.3 is 10.2 Å². The molecule has 30 heavy (non-hydrogen) atoms. The van der Waals surface area contributed by atoms with Crippen LogP contribution in [0.1, 0.15) is 42.9 Å². The number of carbonyl (C=O) groups is 1. The molecule has 6 nitrogen and oxygen atoms in total. The lowest BCUT2D eigenvalue weighted by Crippen LogP contribution is -2.40. The first kappa shape index (κ1) is 20.8. The number of carbonyl (C=O) groups excluding carboxylic acids is 1. The lowest BCUT2D eigenvalue weighted by Gasteiger charge is -2.27. The molecule has 1 aliphatic heterocycles. The molecule has 8 heteroatoms. The van der Waals surface area contributed by atoms with Crippen molar-refractivity contribution in [3.63, 3.8) is 0 Å². The number of halogens is 1. The van der Waals surface area contributed by atoms with E-state index >= 15 is 0 Å². The van der Waals surface area contributed by atoms with Crippen LogP contribution in [0.5, 0.6) is 0 Å². The lowest BCUT2D eigenvalue weighted by molar-refractivity contribution is -0.120. The van der Waals surface area contributed by atoms with Gasteiger partial charge in [0.05, 0.1) is 17.5 Å². The molecular formula is C22H26FN3O3S. The third kappa shape index (κ3) is 4.49. The summed E-state index contributed by atoms with van der Waals surface area (Å²) in [7, 11) is -3.80. The molecule has 1 saturated carbocycles. The smallest absolute Gasteiger partial charge is 0.240 e. The van der Waals surface area contributed by atoms with Crippen molar-refractivity contribution in [1.82, 2.24) is 5.32 Å². The molecule has 1 atom stereocenters. The number of primary sulfonamides is 1. The SMILES string of the molecule is NS(=O)(=O)c1ccc2c(c1)N(CC(=O)NC(c1ccc(F)cc1)C1CCCC1)CC2. The van der Waals surface area contributed by atoms with Gasteiger partial charge in [0, 0.05) is 12.2 Å². The minimum absolute atomic E-state index is 0.0451. The van der Waals surface area contributed by atoms with Gasteiger partial charge in [0.15, 0.2) is 0 Å². The Kier molecular flexibility index (Phi) is 5.79. The largest absolute Gasteiger partial charge is 0.362 e. The van der Waals surface area contributed by atoms with Crippen molar-refractivity contribution in [3.8, 4) is 0 Å². The summed E-state index contributed by atoms with van der Waals surface area (Å²) in [5.41, 5.74) is 2.65. The highest BCUT2D eigenvalue weighted by molar-refractivity contribution is 7.89. The number of fused-ring (bicyclic) bond motifs is 1. The molecule has 0 spiro atoms. The van der Waals surface area contributed by atoms with Crippen molar-refractivity contribution in [2.24, 2.45) is 11.1 Å². The van der Waals surface area contributed by atoms with Gasteiger partial charge in [-0.15, -0.1) is 0 Å². The molecular weight excluding hydrogens is 405 g/mol. The third-order valence-electron chi connectivity index (χ3n) is 6.13. The van der Waals surface area contributed by atoms with E-state index in [1.807, 2.05) is 4.90 Å². The zero-order valence-corrected chi connectivity index (χ0v) is 17.5. The maximum absolute atomic E-state index is 13.4. The molecule has 1 unspecified atom stereocenters. The molecule has 0 bridgehead atoms. The Balaban J connectivity index is 1.50. The van der Waals surface area contributed by atoms with Gasteiger partial charge in [-0.3, -0.25) is 4.79 Å². The van der Waals surface area contributed by atoms with E-state index < -0.39 is 10.0 Å². The predicted molar refractivity (Wildman–Crippen MR) is 113 cm³/mol. The zero-order valence-electron chi connectivity index (χ0n) is 16.7. The highest BCUT2D eigenvalue weighted by Crippen LogP contribution is 2.36. The summed E-state index contributed by atoms with van der Waals surface area (Å²) in [4.78, 5) is 14.9. The Morgan fingerprint density at radius 3 is 2.53 bits per heavy atom. The number of benzene rings is 2. The van der Waals surface area contributed by atoms with Gasteiger partial charge in [-0.2, -0.15) is 0 Å². The minimum Gasteiger partial charge on any atom is -0.362 e. The zero-order chi connectivity index (χ0) is 21.3. The normalized spacial score (nSPS) is 17.7. The van der Waals surface area contributed by atoms with Crippen LogP contribution in [0, 0.1) is 11.7 Å². The first-order chi connectivity index (χ1) is 14.3. The summed E-state index contributed by atoms with van der Waals surface area (Å²) in [5.74, 6) is -0.0982. The van der Waals surface area contributed by atoms with Gasteiger partial charge in [0.2, 0.25) is 15.9 Å². The molecule has 4 rings (SSSR count). The van der Waals surface area contributed by atoms with E-state index in [-0.39, 0.29) is 29.2 Å². The van der Waals surface area contributed by atoms with Gasteiger partial charge in [0.25, 0.3) is 0 Å². The van der Waals surface area contributed by atoms with Crippen LogP contribution >= 0.6 is 0 Å². The summed E-state index contributed by atoms with van der Waals surface area (Å²) >= 11 is 0. The summed E-state index contributed by atoms with van der Waals surface area (Å²) in [6, 6.07) is 11.0. The number of amides is 1. The summed E-state index contributed by atoms with van der Waals surface area (Å²) in [6.07, 6.45) is 5.08. The first-order valence-electron chi connectivity index (χ1n) is 10.3. The maximum Gasteiger partial charge on any atom is 0.240 e. The minimum atomic E-state index is -3.80. The van der Waals surface area contributed by atoms with Crippen LogP contribution in [0.3, 0.4) is 0 Å². The second kappa shape index (κ2) is 8.35. The van der Waals surface area contributed by atoms with Gasteiger partial charge in [0.1, 0.15) is 5.82 Å². The number of sulfonamides is 1. The van der Waals surface area contributed by atoms with Crippen molar-refractivity contribution in [2.45, 2.75) is 43.0 Å². The number of nitrogens with zero attached hydrogens (tertiary/aromatic N) is 1. The fourth-order valence-corrected chi connectivity index (χ4v) is 5.13. The van der Waals surface area contributed by atoms with Crippen LogP contribution < -0.4 is 15.4 Å². The topological polar surface area (TPSA) is 92.5 Å². The van der Waals surface area contributed by atoms with E-state index in [1.165, 1.54) is 18.2 Å². The maximum atomic E-state index is 13.4. The Hall–Kier alpha value is -2.45. The molecule has 2 aromatic carbocycles. The summed E-state index contributed by atoms with van der Waals surface area (Å²) in [6.45, 7) is 0.771. The Labute approximate surface area is 176 Å². The molecule has 2 aromatic rings. The van der Waals surface area contributed by atoms with Gasteiger partial charge in [-0.1, -0.05) is 31.0 Å². The highest BCUT2D eigenvalue weighted by atomic mass is 32.2. The van der Waals surface area contributed by atoms with E-state index in [0.717, 1.165) is 48.9 Å². The van der Waals surface area contributed by atoms with Crippen molar-refractivity contribution < 1.29 is 17.6 Å². The van der Waals surface area contributed by atoms with E-state index in [0.29, 0.717) is 12.5 Å². The van der Waals surface area contributed by atoms with Crippen molar-refractivity contribution >= 4 is 21.6 Å². The number of hydrogen-bond donors (Lipinski definition) is 2. The highest BCUT2D eigenvalue weighted by Gasteiger charge is 2.29. The molecule has 160 valence electrons. The lowest BCUT2D eigenvalue weighted by atomic mass is 9.91. The Bertz CT molecular complexity index is 1030. The van der Waals surface area contributed by atoms with Gasteiger partial charge in [-0.05, 0) is 60.6 Å². The first-order valence-corrected chi connectivity index (χ1v) is 11.8. The molecule has 0 aromatic heterocycles. The summed E-state index contributed by atoms with van der Waals surface area (Å²) in [5, 5.41) is 8.41. The van der Waals surface area contributed by atoms with Crippen molar-refractivity contribution in [1.29, 1.82) is 0 Å². The molecule has 0 saturated heterocycles. The van der Waals surface area contributed by atoms with Gasteiger partial charge >= 0.3 is 0 Å². The van der Waals surface area contributed by atoms with Crippen LogP contribution in [0.4, 0.5) is 10.1 Å². The fraction of sp³-hybridized carbons (Fsp3) is 0.409. The van der Waals surface area contributed by atoms with Crippen LogP contribution in [-0.2, 0) is 21.2 Å². The van der Waals surface area contributed by atoms with Crippen molar-refractivity contribution in [3.05, 3.63) is 59.4 Å². The number of anilines is 1. The predicted octanol–water partition coefficient (Wildman–Crippen LogP) is 2.88. The van der Waals surface area contributed by atoms with Crippen LogP contribution in [0.2, 0.25) is 0 Å². The monoisotopic (exact) mass is 431 g/mol. The van der Waals surface area contributed by atoms with E-state index in [1.54, 1.807) is 24.3 Å². The second-order valence-corrected chi connectivity index (χ2v) is 9.71. The fourth-order valence-electron chi connectivity index (χ4n) is 4.59. The van der Waals surface area contributed by atoms with Crippen LogP contribution in [0.25, 0.3) is 0 Å². The van der Waals surface area contributed by atoms with Crippen molar-refractivity contribution in [2.75, 3.05) is 18.0 Å².